The minimum atomic E-state index is 0.295. The van der Waals surface area contributed by atoms with E-state index in [0.717, 1.165) is 49.8 Å². The van der Waals surface area contributed by atoms with Crippen molar-refractivity contribution in [3.05, 3.63) is 30.1 Å². The van der Waals surface area contributed by atoms with Crippen molar-refractivity contribution in [2.75, 3.05) is 13.1 Å². The Morgan fingerprint density at radius 3 is 2.91 bits per heavy atom. The van der Waals surface area contributed by atoms with E-state index < -0.39 is 0 Å². The lowest BCUT2D eigenvalue weighted by atomic mass is 9.93. The van der Waals surface area contributed by atoms with Crippen LogP contribution in [0.5, 0.6) is 0 Å². The second kappa shape index (κ2) is 5.75. The topological polar surface area (TPSA) is 49.0 Å². The van der Waals surface area contributed by atoms with Crippen molar-refractivity contribution in [3.8, 4) is 0 Å². The molecule has 2 aliphatic rings. The van der Waals surface area contributed by atoms with Gasteiger partial charge in [0.2, 0.25) is 5.91 Å². The fourth-order valence-corrected chi connectivity index (χ4v) is 4.06. The Morgan fingerprint density at radius 1 is 1.23 bits per heavy atom. The van der Waals surface area contributed by atoms with Crippen molar-refractivity contribution < 1.29 is 4.79 Å². The van der Waals surface area contributed by atoms with Gasteiger partial charge in [-0.1, -0.05) is 12.8 Å². The van der Waals surface area contributed by atoms with Crippen molar-refractivity contribution >= 4 is 16.9 Å². The van der Waals surface area contributed by atoms with E-state index in [9.17, 15) is 4.79 Å². The summed E-state index contributed by atoms with van der Waals surface area (Å²) in [4.78, 5) is 22.6. The van der Waals surface area contributed by atoms with Gasteiger partial charge >= 0.3 is 0 Å². The number of likely N-dealkylation sites (tertiary alicyclic amines) is 1. The summed E-state index contributed by atoms with van der Waals surface area (Å²) in [5.41, 5.74) is 2.19. The number of nitrogens with zero attached hydrogens (tertiary/aromatic N) is 2. The van der Waals surface area contributed by atoms with E-state index in [1.165, 1.54) is 18.5 Å². The monoisotopic (exact) mass is 297 g/mol. The molecule has 4 heteroatoms. The molecule has 116 valence electrons. The Labute approximate surface area is 130 Å². The number of H-pyrrole nitrogens is 1. The number of rotatable bonds is 2. The van der Waals surface area contributed by atoms with E-state index in [1.807, 2.05) is 12.3 Å². The van der Waals surface area contributed by atoms with E-state index in [-0.39, 0.29) is 0 Å². The molecule has 2 fully saturated rings. The van der Waals surface area contributed by atoms with Crippen LogP contribution in [-0.2, 0) is 4.79 Å². The predicted molar refractivity (Wildman–Crippen MR) is 86.6 cm³/mol. The number of aromatic amines is 1. The Hall–Kier alpha value is -1.84. The van der Waals surface area contributed by atoms with Gasteiger partial charge in [0.05, 0.1) is 0 Å². The molecular formula is C18H23N3O. The number of hydrogen-bond acceptors (Lipinski definition) is 2. The Morgan fingerprint density at radius 2 is 2.09 bits per heavy atom. The van der Waals surface area contributed by atoms with Gasteiger partial charge in [-0.05, 0) is 43.9 Å². The fraction of sp³-hybridized carbons (Fsp3) is 0.556. The summed E-state index contributed by atoms with van der Waals surface area (Å²) < 4.78 is 0. The Bertz CT molecular complexity index is 639. The molecule has 2 aromatic rings. The second-order valence-corrected chi connectivity index (χ2v) is 6.77. The van der Waals surface area contributed by atoms with E-state index in [0.29, 0.717) is 17.7 Å². The van der Waals surface area contributed by atoms with Gasteiger partial charge in [0.25, 0.3) is 0 Å². The summed E-state index contributed by atoms with van der Waals surface area (Å²) in [5, 5.41) is 1.16. The van der Waals surface area contributed by atoms with Gasteiger partial charge in [0, 0.05) is 42.2 Å². The van der Waals surface area contributed by atoms with Crippen LogP contribution in [-0.4, -0.2) is 33.9 Å². The number of carbonyl (C=O) groups excluding carboxylic acids is 1. The molecule has 1 saturated heterocycles. The molecule has 1 aliphatic carbocycles. The largest absolute Gasteiger partial charge is 0.343 e. The van der Waals surface area contributed by atoms with Gasteiger partial charge in [-0.15, -0.1) is 0 Å². The van der Waals surface area contributed by atoms with Gasteiger partial charge in [0.1, 0.15) is 5.65 Å². The minimum Gasteiger partial charge on any atom is -0.343 e. The van der Waals surface area contributed by atoms with E-state index in [1.54, 1.807) is 0 Å². The predicted octanol–water partition coefficient (Wildman–Crippen LogP) is 3.46. The number of hydrogen-bond donors (Lipinski definition) is 1. The van der Waals surface area contributed by atoms with E-state index >= 15 is 0 Å². The van der Waals surface area contributed by atoms with Gasteiger partial charge < -0.3 is 9.88 Å². The summed E-state index contributed by atoms with van der Waals surface area (Å²) in [6.45, 7) is 1.80. The SMILES string of the molecule is O=C(C1CCCC1)N1CCC[C@H](c2cc3cccnc3[nH]2)C1. The number of aromatic nitrogens is 2. The highest BCUT2D eigenvalue weighted by Gasteiger charge is 2.31. The zero-order chi connectivity index (χ0) is 14.9. The normalized spacial score (nSPS) is 23.3. The first-order valence-corrected chi connectivity index (χ1v) is 8.54. The number of nitrogens with one attached hydrogen (secondary N) is 1. The van der Waals surface area contributed by atoms with Crippen molar-refractivity contribution in [2.24, 2.45) is 5.92 Å². The van der Waals surface area contributed by atoms with E-state index in [2.05, 4.69) is 27.0 Å². The van der Waals surface area contributed by atoms with Crippen LogP contribution in [0.4, 0.5) is 0 Å². The highest BCUT2D eigenvalue weighted by atomic mass is 16.2. The molecule has 1 amide bonds. The molecule has 1 saturated carbocycles. The molecule has 4 rings (SSSR count). The Kier molecular flexibility index (Phi) is 3.60. The summed E-state index contributed by atoms with van der Waals surface area (Å²) in [5.74, 6) is 1.12. The standard InChI is InChI=1S/C18H23N3O/c22-18(13-5-1-2-6-13)21-10-4-8-15(12-21)16-11-14-7-3-9-19-17(14)20-16/h3,7,9,11,13,15H,1-2,4-6,8,10,12H2,(H,19,20)/t15-/m0/s1. The lowest BCUT2D eigenvalue weighted by Gasteiger charge is -2.34. The molecule has 1 aliphatic heterocycles. The first-order chi connectivity index (χ1) is 10.8. The molecule has 0 bridgehead atoms. The van der Waals surface area contributed by atoms with Gasteiger partial charge in [0.15, 0.2) is 0 Å². The lowest BCUT2D eigenvalue weighted by Crippen LogP contribution is -2.41. The summed E-state index contributed by atoms with van der Waals surface area (Å²) >= 11 is 0. The van der Waals surface area contributed by atoms with Crippen LogP contribution in [0, 0.1) is 5.92 Å². The molecule has 0 aromatic carbocycles. The molecule has 2 aromatic heterocycles. The van der Waals surface area contributed by atoms with Crippen molar-refractivity contribution in [2.45, 2.75) is 44.4 Å². The fourth-order valence-electron chi connectivity index (χ4n) is 4.06. The van der Waals surface area contributed by atoms with Gasteiger partial charge in [-0.25, -0.2) is 4.98 Å². The molecule has 0 radical (unpaired) electrons. The van der Waals surface area contributed by atoms with Crippen LogP contribution < -0.4 is 0 Å². The zero-order valence-corrected chi connectivity index (χ0v) is 12.9. The third-order valence-corrected chi connectivity index (χ3v) is 5.29. The lowest BCUT2D eigenvalue weighted by molar-refractivity contribution is -0.136. The zero-order valence-electron chi connectivity index (χ0n) is 12.9. The Balaban J connectivity index is 1.51. The molecule has 0 unspecified atom stereocenters. The third-order valence-electron chi connectivity index (χ3n) is 5.29. The molecule has 4 nitrogen and oxygen atoms in total. The number of piperidine rings is 1. The number of carbonyl (C=O) groups is 1. The maximum atomic E-state index is 12.7. The van der Waals surface area contributed by atoms with Crippen LogP contribution in [0.25, 0.3) is 11.0 Å². The molecule has 3 heterocycles. The summed E-state index contributed by atoms with van der Waals surface area (Å²) in [6.07, 6.45) is 8.71. The van der Waals surface area contributed by atoms with Crippen molar-refractivity contribution in [3.63, 3.8) is 0 Å². The number of pyridine rings is 1. The van der Waals surface area contributed by atoms with Crippen LogP contribution in [0.1, 0.15) is 50.1 Å². The van der Waals surface area contributed by atoms with Crippen LogP contribution in [0.2, 0.25) is 0 Å². The molecular weight excluding hydrogens is 274 g/mol. The smallest absolute Gasteiger partial charge is 0.225 e. The summed E-state index contributed by atoms with van der Waals surface area (Å²) in [6, 6.07) is 6.26. The minimum absolute atomic E-state index is 0.295. The van der Waals surface area contributed by atoms with Crippen molar-refractivity contribution in [1.82, 2.24) is 14.9 Å². The average Bonchev–Trinajstić information content (AvgIpc) is 3.23. The maximum Gasteiger partial charge on any atom is 0.225 e. The summed E-state index contributed by atoms with van der Waals surface area (Å²) in [7, 11) is 0. The average molecular weight is 297 g/mol. The van der Waals surface area contributed by atoms with Crippen LogP contribution in [0.15, 0.2) is 24.4 Å². The highest BCUT2D eigenvalue weighted by molar-refractivity contribution is 5.79. The number of amides is 1. The van der Waals surface area contributed by atoms with Crippen LogP contribution in [0.3, 0.4) is 0 Å². The second-order valence-electron chi connectivity index (χ2n) is 6.77. The third kappa shape index (κ3) is 2.51. The van der Waals surface area contributed by atoms with Gasteiger partial charge in [-0.2, -0.15) is 0 Å². The quantitative estimate of drug-likeness (QED) is 0.923. The highest BCUT2D eigenvalue weighted by Crippen LogP contribution is 2.32. The number of fused-ring (bicyclic) bond motifs is 1. The van der Waals surface area contributed by atoms with E-state index in [4.69, 9.17) is 0 Å². The first-order valence-electron chi connectivity index (χ1n) is 8.54. The maximum absolute atomic E-state index is 12.7. The molecule has 22 heavy (non-hydrogen) atoms. The van der Waals surface area contributed by atoms with Crippen molar-refractivity contribution in [1.29, 1.82) is 0 Å². The first kappa shape index (κ1) is 13.8. The molecule has 1 atom stereocenters. The molecule has 1 N–H and O–H groups in total. The van der Waals surface area contributed by atoms with Gasteiger partial charge in [-0.3, -0.25) is 4.79 Å². The molecule has 0 spiro atoms. The van der Waals surface area contributed by atoms with Crippen LogP contribution >= 0.6 is 0 Å².